The molecule has 0 aliphatic carbocycles. The van der Waals surface area contributed by atoms with Gasteiger partial charge in [0.15, 0.2) is 0 Å². The normalized spacial score (nSPS) is 11.3. The Morgan fingerprint density at radius 1 is 1.07 bits per heavy atom. The van der Waals surface area contributed by atoms with Gasteiger partial charge >= 0.3 is 0 Å². The fourth-order valence-electron chi connectivity index (χ4n) is 2.49. The van der Waals surface area contributed by atoms with Gasteiger partial charge < -0.3 is 15.0 Å². The Morgan fingerprint density at radius 3 is 2.27 bits per heavy atom. The molecule has 0 fully saturated rings. The van der Waals surface area contributed by atoms with Gasteiger partial charge in [-0.15, -0.1) is 0 Å². The molecule has 162 valence electrons. The summed E-state index contributed by atoms with van der Waals surface area (Å²) in [7, 11) is 1.59. The topological polar surface area (TPSA) is 105 Å². The van der Waals surface area contributed by atoms with E-state index in [1.807, 2.05) is 0 Å². The van der Waals surface area contributed by atoms with Crippen LogP contribution in [0.15, 0.2) is 47.4 Å². The third kappa shape index (κ3) is 5.48. The molecule has 9 nitrogen and oxygen atoms in total. The number of carbonyl (C=O) groups is 2. The van der Waals surface area contributed by atoms with E-state index in [0.29, 0.717) is 20.9 Å². The van der Waals surface area contributed by atoms with Crippen LogP contribution in [0.4, 0.5) is 5.69 Å². The average Bonchev–Trinajstić information content (AvgIpc) is 2.72. The summed E-state index contributed by atoms with van der Waals surface area (Å²) in [6.45, 7) is -0.235. The average molecular weight is 456 g/mol. The summed E-state index contributed by atoms with van der Waals surface area (Å²) < 4.78 is 30.3. The van der Waals surface area contributed by atoms with E-state index < -0.39 is 21.8 Å². The minimum absolute atomic E-state index is 0.0307. The molecule has 0 heterocycles. The lowest BCUT2D eigenvalue weighted by Gasteiger charge is -2.18. The van der Waals surface area contributed by atoms with Gasteiger partial charge in [0.05, 0.1) is 31.3 Å². The molecule has 2 aromatic carbocycles. The number of nitrogens with one attached hydrogen (secondary N) is 1. The van der Waals surface area contributed by atoms with Crippen LogP contribution in [-0.2, 0) is 19.7 Å². The zero-order valence-corrected chi connectivity index (χ0v) is 18.5. The molecule has 0 spiro atoms. The number of carbonyl (C=O) groups excluding carboxylic acids is 2. The lowest BCUT2D eigenvalue weighted by Crippen LogP contribution is -2.35. The lowest BCUT2D eigenvalue weighted by atomic mass is 10.2. The van der Waals surface area contributed by atoms with Gasteiger partial charge in [-0.25, -0.2) is 8.42 Å². The van der Waals surface area contributed by atoms with Crippen LogP contribution in [-0.4, -0.2) is 64.5 Å². The van der Waals surface area contributed by atoms with Crippen molar-refractivity contribution in [3.63, 3.8) is 0 Å². The molecule has 1 N–H and O–H groups in total. The summed E-state index contributed by atoms with van der Waals surface area (Å²) in [5.74, 6) is -0.473. The number of anilines is 1. The predicted molar refractivity (Wildman–Crippen MR) is 112 cm³/mol. The third-order valence-corrected chi connectivity index (χ3v) is 6.09. The van der Waals surface area contributed by atoms with Crippen molar-refractivity contribution in [1.29, 1.82) is 0 Å². The molecule has 0 aliphatic heterocycles. The van der Waals surface area contributed by atoms with Crippen LogP contribution < -0.4 is 10.1 Å². The van der Waals surface area contributed by atoms with Crippen LogP contribution in [0.2, 0.25) is 5.02 Å². The number of rotatable bonds is 8. The Morgan fingerprint density at radius 2 is 1.70 bits per heavy atom. The maximum atomic E-state index is 12.6. The van der Waals surface area contributed by atoms with Crippen LogP contribution in [0.3, 0.4) is 0 Å². The van der Waals surface area contributed by atoms with E-state index in [1.54, 1.807) is 12.1 Å². The minimum Gasteiger partial charge on any atom is -0.495 e. The Labute approximate surface area is 180 Å². The highest BCUT2D eigenvalue weighted by atomic mass is 35.5. The molecule has 0 radical (unpaired) electrons. The highest BCUT2D eigenvalue weighted by molar-refractivity contribution is 7.89. The molecule has 2 amide bonds. The number of amides is 2. The quantitative estimate of drug-likeness (QED) is 0.612. The molecule has 0 saturated carbocycles. The molecule has 2 rings (SSSR count). The second-order valence-electron chi connectivity index (χ2n) is 6.18. The number of benzene rings is 2. The number of halogens is 1. The van der Waals surface area contributed by atoms with E-state index in [4.69, 9.17) is 21.2 Å². The fraction of sp³-hybridized carbons (Fsp3) is 0.263. The first kappa shape index (κ1) is 23.6. The summed E-state index contributed by atoms with van der Waals surface area (Å²) in [6.07, 6.45) is 0. The monoisotopic (exact) mass is 455 g/mol. The Hall–Kier alpha value is -2.66. The zero-order valence-electron chi connectivity index (χ0n) is 16.9. The highest BCUT2D eigenvalue weighted by Gasteiger charge is 2.22. The molecule has 0 saturated heterocycles. The van der Waals surface area contributed by atoms with Crippen LogP contribution in [0, 0.1) is 0 Å². The molecule has 0 aliphatic rings. The number of sulfonamides is 1. The highest BCUT2D eigenvalue weighted by Crippen LogP contribution is 2.27. The summed E-state index contributed by atoms with van der Waals surface area (Å²) >= 11 is 5.94. The summed E-state index contributed by atoms with van der Waals surface area (Å²) in [4.78, 5) is 30.8. The van der Waals surface area contributed by atoms with Crippen molar-refractivity contribution in [1.82, 2.24) is 9.37 Å². The second-order valence-corrected chi connectivity index (χ2v) is 8.55. The van der Waals surface area contributed by atoms with Gasteiger partial charge in [-0.1, -0.05) is 16.1 Å². The Kier molecular flexibility index (Phi) is 7.79. The van der Waals surface area contributed by atoms with Crippen LogP contribution in [0.25, 0.3) is 0 Å². The number of methoxy groups -OCH3 is 1. The number of hydrogen-bond acceptors (Lipinski definition) is 6. The van der Waals surface area contributed by atoms with Crippen LogP contribution in [0.5, 0.6) is 5.75 Å². The van der Waals surface area contributed by atoms with Gasteiger partial charge in [-0.05, 0) is 42.5 Å². The molecule has 0 aromatic heterocycles. The van der Waals surface area contributed by atoms with Gasteiger partial charge in [-0.3, -0.25) is 14.4 Å². The smallest absolute Gasteiger partial charge is 0.264 e. The molecule has 0 bridgehead atoms. The van der Waals surface area contributed by atoms with E-state index in [-0.39, 0.29) is 17.0 Å². The van der Waals surface area contributed by atoms with E-state index in [1.165, 1.54) is 63.5 Å². The lowest BCUT2D eigenvalue weighted by molar-refractivity contribution is -0.116. The number of hydrogen-bond donors (Lipinski definition) is 1. The van der Waals surface area contributed by atoms with Crippen molar-refractivity contribution in [3.05, 3.63) is 53.1 Å². The van der Waals surface area contributed by atoms with Gasteiger partial charge in [-0.2, -0.15) is 0 Å². The van der Waals surface area contributed by atoms with E-state index in [9.17, 15) is 18.0 Å². The SMILES string of the molecule is COc1ccc(Cl)cc1NC(=O)CN(C)C(=O)c1ccc(S(=O)(=O)N(C)OC)cc1. The number of nitrogens with zero attached hydrogens (tertiary/aromatic N) is 2. The first-order valence-corrected chi connectivity index (χ1v) is 10.4. The van der Waals surface area contributed by atoms with E-state index in [0.717, 1.165) is 0 Å². The maximum absolute atomic E-state index is 12.6. The predicted octanol–water partition coefficient (Wildman–Crippen LogP) is 2.24. The van der Waals surface area contributed by atoms with Crippen molar-refractivity contribution < 1.29 is 27.6 Å². The molecule has 0 unspecified atom stereocenters. The summed E-state index contributed by atoms with van der Waals surface area (Å²) in [5.41, 5.74) is 0.609. The molecule has 0 atom stereocenters. The van der Waals surface area contributed by atoms with Gasteiger partial charge in [0, 0.05) is 24.7 Å². The van der Waals surface area contributed by atoms with Crippen molar-refractivity contribution >= 4 is 39.1 Å². The van der Waals surface area contributed by atoms with Crippen LogP contribution in [0.1, 0.15) is 10.4 Å². The summed E-state index contributed by atoms with van der Waals surface area (Å²) in [6, 6.07) is 10.1. The zero-order chi connectivity index (χ0) is 22.5. The maximum Gasteiger partial charge on any atom is 0.264 e. The first-order valence-electron chi connectivity index (χ1n) is 8.62. The molecular formula is C19H22ClN3O6S. The molecule has 2 aromatic rings. The van der Waals surface area contributed by atoms with Gasteiger partial charge in [0.25, 0.3) is 15.9 Å². The Bertz CT molecular complexity index is 1030. The summed E-state index contributed by atoms with van der Waals surface area (Å²) in [5, 5.41) is 3.07. The number of hydroxylamine groups is 1. The largest absolute Gasteiger partial charge is 0.495 e. The standard InChI is InChI=1S/C19H22ClN3O6S/c1-22(12-18(24)21-16-11-14(20)7-10-17(16)28-3)19(25)13-5-8-15(9-6-13)30(26,27)23(2)29-4/h5-11H,12H2,1-4H3,(H,21,24). The van der Waals surface area contributed by atoms with Crippen molar-refractivity contribution in [2.45, 2.75) is 4.90 Å². The van der Waals surface area contributed by atoms with Gasteiger partial charge in [0.1, 0.15) is 5.75 Å². The number of ether oxygens (including phenoxy) is 1. The minimum atomic E-state index is -3.82. The molecule has 30 heavy (non-hydrogen) atoms. The molecule has 11 heteroatoms. The first-order chi connectivity index (χ1) is 14.1. The Balaban J connectivity index is 2.07. The number of likely N-dealkylation sites (N-methyl/N-ethyl adjacent to an activating group) is 1. The third-order valence-electron chi connectivity index (χ3n) is 4.16. The molecular weight excluding hydrogens is 434 g/mol. The second kappa shape index (κ2) is 9.90. The van der Waals surface area contributed by atoms with Crippen molar-refractivity contribution in [2.75, 3.05) is 40.2 Å². The van der Waals surface area contributed by atoms with Gasteiger partial charge in [0.2, 0.25) is 5.91 Å². The van der Waals surface area contributed by atoms with Crippen molar-refractivity contribution in [3.8, 4) is 5.75 Å². The van der Waals surface area contributed by atoms with Crippen molar-refractivity contribution in [2.24, 2.45) is 0 Å². The van der Waals surface area contributed by atoms with Crippen LogP contribution >= 0.6 is 11.6 Å². The fourth-order valence-corrected chi connectivity index (χ4v) is 3.64. The van der Waals surface area contributed by atoms with E-state index >= 15 is 0 Å². The van der Waals surface area contributed by atoms with E-state index in [2.05, 4.69) is 5.32 Å².